The number of likely N-dealkylation sites (N-methyl/N-ethyl adjacent to an activating group) is 1. The predicted octanol–water partition coefficient (Wildman–Crippen LogP) is -0.926. The van der Waals surface area contributed by atoms with Gasteiger partial charge >= 0.3 is 0 Å². The molecule has 1 amide bonds. The molecule has 0 saturated carbocycles. The molecule has 2 N–H and O–H groups in total. The molecule has 0 unspecified atom stereocenters. The molecule has 0 bridgehead atoms. The lowest BCUT2D eigenvalue weighted by Crippen LogP contribution is -2.48. The highest BCUT2D eigenvalue weighted by Gasteiger charge is 2.20. The van der Waals surface area contributed by atoms with E-state index in [1.807, 2.05) is 19.0 Å². The molecule has 90 valence electrons. The minimum atomic E-state index is -0.314. The van der Waals surface area contributed by atoms with Crippen molar-refractivity contribution in [1.29, 1.82) is 0 Å². The van der Waals surface area contributed by atoms with Crippen LogP contribution < -0.4 is 10.6 Å². The van der Waals surface area contributed by atoms with E-state index in [4.69, 9.17) is 4.74 Å². The van der Waals surface area contributed by atoms with Crippen molar-refractivity contribution in [2.75, 3.05) is 46.9 Å². The maximum atomic E-state index is 11.5. The van der Waals surface area contributed by atoms with Crippen LogP contribution >= 0.6 is 12.4 Å². The first-order chi connectivity index (χ1) is 6.70. The van der Waals surface area contributed by atoms with Gasteiger partial charge in [-0.3, -0.25) is 4.79 Å². The van der Waals surface area contributed by atoms with Gasteiger partial charge < -0.3 is 20.3 Å². The molecule has 0 aliphatic carbocycles. The summed E-state index contributed by atoms with van der Waals surface area (Å²) < 4.78 is 5.31. The Bertz CT molecular complexity index is 184. The minimum absolute atomic E-state index is 0. The van der Waals surface area contributed by atoms with Crippen molar-refractivity contribution < 1.29 is 9.53 Å². The number of amides is 1. The van der Waals surface area contributed by atoms with Crippen molar-refractivity contribution in [2.24, 2.45) is 0 Å². The minimum Gasteiger partial charge on any atom is -0.366 e. The smallest absolute Gasteiger partial charge is 0.250 e. The van der Waals surface area contributed by atoms with Crippen LogP contribution in [0.2, 0.25) is 0 Å². The Morgan fingerprint density at radius 2 is 2.33 bits per heavy atom. The molecule has 0 radical (unpaired) electrons. The summed E-state index contributed by atoms with van der Waals surface area (Å²) in [6, 6.07) is 0. The number of ether oxygens (including phenoxy) is 1. The van der Waals surface area contributed by atoms with Gasteiger partial charge in [0.2, 0.25) is 0 Å². The largest absolute Gasteiger partial charge is 0.366 e. The molecule has 1 aliphatic heterocycles. The van der Waals surface area contributed by atoms with Gasteiger partial charge in [0.1, 0.15) is 6.10 Å². The number of rotatable bonds is 4. The van der Waals surface area contributed by atoms with Gasteiger partial charge in [-0.25, -0.2) is 0 Å². The SMILES string of the molecule is CN(C)CCNC(=O)[C@@H]1CNCCO1.Cl. The summed E-state index contributed by atoms with van der Waals surface area (Å²) >= 11 is 0. The first-order valence-electron chi connectivity index (χ1n) is 4.95. The van der Waals surface area contributed by atoms with Crippen LogP contribution in [-0.2, 0) is 9.53 Å². The lowest BCUT2D eigenvalue weighted by atomic mass is 10.3. The van der Waals surface area contributed by atoms with Gasteiger partial charge in [-0.2, -0.15) is 0 Å². The van der Waals surface area contributed by atoms with E-state index in [1.165, 1.54) is 0 Å². The molecule has 0 aromatic rings. The van der Waals surface area contributed by atoms with E-state index in [-0.39, 0.29) is 24.4 Å². The van der Waals surface area contributed by atoms with Crippen LogP contribution in [0.5, 0.6) is 0 Å². The summed E-state index contributed by atoms with van der Waals surface area (Å²) in [5.74, 6) is -0.0148. The van der Waals surface area contributed by atoms with Crippen molar-refractivity contribution in [3.8, 4) is 0 Å². The van der Waals surface area contributed by atoms with Crippen molar-refractivity contribution >= 4 is 18.3 Å². The Hall–Kier alpha value is -0.360. The lowest BCUT2D eigenvalue weighted by molar-refractivity contribution is -0.134. The average molecular weight is 238 g/mol. The zero-order valence-electron chi connectivity index (χ0n) is 9.28. The fourth-order valence-electron chi connectivity index (χ4n) is 1.25. The summed E-state index contributed by atoms with van der Waals surface area (Å²) in [5.41, 5.74) is 0. The third-order valence-corrected chi connectivity index (χ3v) is 2.08. The second kappa shape index (κ2) is 7.87. The van der Waals surface area contributed by atoms with Crippen molar-refractivity contribution in [3.05, 3.63) is 0 Å². The summed E-state index contributed by atoms with van der Waals surface area (Å²) in [6.45, 7) is 3.60. The van der Waals surface area contributed by atoms with Crippen LogP contribution in [0.15, 0.2) is 0 Å². The molecular weight excluding hydrogens is 218 g/mol. The van der Waals surface area contributed by atoms with Crippen molar-refractivity contribution in [2.45, 2.75) is 6.10 Å². The van der Waals surface area contributed by atoms with Crippen molar-refractivity contribution in [3.63, 3.8) is 0 Å². The van der Waals surface area contributed by atoms with Crippen LogP contribution in [-0.4, -0.2) is 63.8 Å². The number of carbonyl (C=O) groups is 1. The molecule has 1 atom stereocenters. The molecule has 15 heavy (non-hydrogen) atoms. The van der Waals surface area contributed by atoms with E-state index in [1.54, 1.807) is 0 Å². The second-order valence-corrected chi connectivity index (χ2v) is 3.66. The van der Waals surface area contributed by atoms with Gasteiger partial charge in [0.05, 0.1) is 6.61 Å². The third kappa shape index (κ3) is 5.94. The van der Waals surface area contributed by atoms with Crippen LogP contribution in [0.4, 0.5) is 0 Å². The summed E-state index contributed by atoms with van der Waals surface area (Å²) in [7, 11) is 3.95. The normalized spacial score (nSPS) is 20.9. The highest BCUT2D eigenvalue weighted by molar-refractivity contribution is 5.85. The van der Waals surface area contributed by atoms with E-state index < -0.39 is 0 Å². The molecule has 5 nitrogen and oxygen atoms in total. The van der Waals surface area contributed by atoms with Crippen molar-refractivity contribution in [1.82, 2.24) is 15.5 Å². The standard InChI is InChI=1S/C9H19N3O2.ClH/c1-12(2)5-3-11-9(13)8-7-10-4-6-14-8;/h8,10H,3-7H2,1-2H3,(H,11,13);1H/t8-;/m0./s1. The fraction of sp³-hybridized carbons (Fsp3) is 0.889. The van der Waals surface area contributed by atoms with Gasteiger partial charge in [0, 0.05) is 26.2 Å². The monoisotopic (exact) mass is 237 g/mol. The second-order valence-electron chi connectivity index (χ2n) is 3.66. The zero-order chi connectivity index (χ0) is 10.4. The van der Waals surface area contributed by atoms with E-state index in [0.717, 1.165) is 13.1 Å². The Kier molecular flexibility index (Phi) is 7.68. The van der Waals surface area contributed by atoms with Gasteiger partial charge in [0.15, 0.2) is 0 Å². The van der Waals surface area contributed by atoms with Crippen LogP contribution in [0.1, 0.15) is 0 Å². The Balaban J connectivity index is 0.00000196. The molecule has 0 spiro atoms. The average Bonchev–Trinajstić information content (AvgIpc) is 2.18. The topological polar surface area (TPSA) is 53.6 Å². The molecule has 1 fully saturated rings. The first-order valence-corrected chi connectivity index (χ1v) is 4.95. The molecular formula is C9H20ClN3O2. The fourth-order valence-corrected chi connectivity index (χ4v) is 1.25. The summed E-state index contributed by atoms with van der Waals surface area (Å²) in [4.78, 5) is 13.5. The van der Waals surface area contributed by atoms with Crippen LogP contribution in [0, 0.1) is 0 Å². The first kappa shape index (κ1) is 14.6. The van der Waals surface area contributed by atoms with E-state index in [9.17, 15) is 4.79 Å². The third-order valence-electron chi connectivity index (χ3n) is 2.08. The molecule has 1 saturated heterocycles. The highest BCUT2D eigenvalue weighted by atomic mass is 35.5. The number of nitrogens with one attached hydrogen (secondary N) is 2. The summed E-state index contributed by atoms with van der Waals surface area (Å²) in [6.07, 6.45) is -0.314. The molecule has 0 aromatic carbocycles. The lowest BCUT2D eigenvalue weighted by Gasteiger charge is -2.23. The van der Waals surface area contributed by atoms with E-state index in [0.29, 0.717) is 19.7 Å². The zero-order valence-corrected chi connectivity index (χ0v) is 10.1. The van der Waals surface area contributed by atoms with Gasteiger partial charge in [-0.05, 0) is 14.1 Å². The Labute approximate surface area is 96.9 Å². The quantitative estimate of drug-likeness (QED) is 0.664. The molecule has 0 aromatic heterocycles. The maximum Gasteiger partial charge on any atom is 0.250 e. The number of carbonyl (C=O) groups excluding carboxylic acids is 1. The number of halogens is 1. The Morgan fingerprint density at radius 3 is 2.87 bits per heavy atom. The maximum absolute atomic E-state index is 11.5. The van der Waals surface area contributed by atoms with E-state index in [2.05, 4.69) is 10.6 Å². The number of nitrogens with zero attached hydrogens (tertiary/aromatic N) is 1. The summed E-state index contributed by atoms with van der Waals surface area (Å²) in [5, 5.41) is 5.96. The Morgan fingerprint density at radius 1 is 1.60 bits per heavy atom. The van der Waals surface area contributed by atoms with Crippen LogP contribution in [0.3, 0.4) is 0 Å². The highest BCUT2D eigenvalue weighted by Crippen LogP contribution is 1.95. The number of morpholine rings is 1. The number of hydrogen-bond donors (Lipinski definition) is 2. The van der Waals surface area contributed by atoms with Gasteiger partial charge in [-0.15, -0.1) is 12.4 Å². The van der Waals surface area contributed by atoms with Gasteiger partial charge in [-0.1, -0.05) is 0 Å². The molecule has 6 heteroatoms. The van der Waals surface area contributed by atoms with E-state index >= 15 is 0 Å². The molecule has 1 aliphatic rings. The molecule has 1 heterocycles. The molecule has 1 rings (SSSR count). The van der Waals surface area contributed by atoms with Gasteiger partial charge in [0.25, 0.3) is 5.91 Å². The number of hydrogen-bond acceptors (Lipinski definition) is 4. The van der Waals surface area contributed by atoms with Crippen LogP contribution in [0.25, 0.3) is 0 Å². The predicted molar refractivity (Wildman–Crippen MR) is 61.4 cm³/mol.